The van der Waals surface area contributed by atoms with Gasteiger partial charge in [-0.15, -0.1) is 0 Å². The smallest absolute Gasteiger partial charge is 0.346 e. The highest BCUT2D eigenvalue weighted by Gasteiger charge is 2.68. The Morgan fingerprint density at radius 2 is 1.94 bits per heavy atom. The molecule has 5 rings (SSSR count). The fourth-order valence-corrected chi connectivity index (χ4v) is 4.66. The number of rotatable bonds is 5. The molecule has 33 heavy (non-hydrogen) atoms. The number of benzene rings is 1. The number of halogens is 3. The highest BCUT2D eigenvalue weighted by atomic mass is 19.4. The molecule has 1 saturated carbocycles. The molecule has 174 valence electrons. The van der Waals surface area contributed by atoms with Gasteiger partial charge in [-0.05, 0) is 62.5 Å². The standard InChI is InChI=1S/C23H25F3N6O/c1-32-13-17(12-28-32)15-2-3-18-16(10-15)11-19(31-30-18)20(22(6-7-22)23(24,25)26)29-21(33)14-4-8-27-9-5-14/h2-3,10-14,20,27H,4-9H2,1H3,(H,29,33). The first-order chi connectivity index (χ1) is 15.8. The summed E-state index contributed by atoms with van der Waals surface area (Å²) in [5.74, 6) is -0.647. The van der Waals surface area contributed by atoms with E-state index in [9.17, 15) is 18.0 Å². The van der Waals surface area contributed by atoms with Gasteiger partial charge in [-0.1, -0.05) is 6.07 Å². The summed E-state index contributed by atoms with van der Waals surface area (Å²) >= 11 is 0. The predicted molar refractivity (Wildman–Crippen MR) is 116 cm³/mol. The number of aryl methyl sites for hydroxylation is 1. The Morgan fingerprint density at radius 1 is 1.18 bits per heavy atom. The van der Waals surface area contributed by atoms with Gasteiger partial charge in [-0.25, -0.2) is 0 Å². The van der Waals surface area contributed by atoms with E-state index in [1.165, 1.54) is 0 Å². The lowest BCUT2D eigenvalue weighted by molar-refractivity contribution is -0.197. The van der Waals surface area contributed by atoms with Crippen LogP contribution in [0.1, 0.15) is 37.4 Å². The SMILES string of the molecule is Cn1cc(-c2ccc3nnc(C(NC(=O)C4CCNCC4)C4(C(F)(F)F)CC4)cc3c2)cn1. The topological polar surface area (TPSA) is 84.7 Å². The largest absolute Gasteiger partial charge is 0.396 e. The normalized spacial score (nSPS) is 19.4. The molecular formula is C23H25F3N6O. The molecule has 1 aliphatic carbocycles. The van der Waals surface area contributed by atoms with Crippen molar-refractivity contribution in [1.29, 1.82) is 0 Å². The van der Waals surface area contributed by atoms with Gasteiger partial charge in [0, 0.05) is 30.1 Å². The minimum Gasteiger partial charge on any atom is -0.346 e. The second-order valence-electron chi connectivity index (χ2n) is 9.07. The number of hydrogen-bond acceptors (Lipinski definition) is 5. The molecule has 2 fully saturated rings. The summed E-state index contributed by atoms with van der Waals surface area (Å²) in [4.78, 5) is 12.9. The van der Waals surface area contributed by atoms with Crippen LogP contribution in [-0.4, -0.2) is 45.2 Å². The molecule has 7 nitrogen and oxygen atoms in total. The quantitative estimate of drug-likeness (QED) is 0.611. The summed E-state index contributed by atoms with van der Waals surface area (Å²) in [6.45, 7) is 1.36. The summed E-state index contributed by atoms with van der Waals surface area (Å²) in [6.07, 6.45) is 0.271. The molecule has 1 aliphatic heterocycles. The second kappa shape index (κ2) is 8.09. The molecule has 2 N–H and O–H groups in total. The maximum atomic E-state index is 14.1. The van der Waals surface area contributed by atoms with Gasteiger partial charge in [0.25, 0.3) is 0 Å². The van der Waals surface area contributed by atoms with Gasteiger partial charge >= 0.3 is 6.18 Å². The lowest BCUT2D eigenvalue weighted by atomic mass is 9.90. The average Bonchev–Trinajstić information content (AvgIpc) is 3.52. The fourth-order valence-electron chi connectivity index (χ4n) is 4.66. The summed E-state index contributed by atoms with van der Waals surface area (Å²) in [7, 11) is 1.82. The highest BCUT2D eigenvalue weighted by molar-refractivity contribution is 5.84. The molecule has 3 heterocycles. The van der Waals surface area contributed by atoms with E-state index in [2.05, 4.69) is 25.9 Å². The Hall–Kier alpha value is -3.01. The van der Waals surface area contributed by atoms with Crippen molar-refractivity contribution < 1.29 is 18.0 Å². The molecule has 0 spiro atoms. The van der Waals surface area contributed by atoms with Crippen LogP contribution >= 0.6 is 0 Å². The van der Waals surface area contributed by atoms with E-state index in [4.69, 9.17) is 0 Å². The van der Waals surface area contributed by atoms with Crippen LogP contribution in [0.2, 0.25) is 0 Å². The number of aromatic nitrogens is 4. The minimum atomic E-state index is -4.45. The maximum Gasteiger partial charge on any atom is 0.396 e. The van der Waals surface area contributed by atoms with Crippen molar-refractivity contribution in [2.24, 2.45) is 18.4 Å². The number of alkyl halides is 3. The molecule has 1 aromatic carbocycles. The third-order valence-corrected chi connectivity index (χ3v) is 6.84. The van der Waals surface area contributed by atoms with Crippen molar-refractivity contribution in [3.05, 3.63) is 42.4 Å². The first kappa shape index (κ1) is 21.8. The molecule has 2 aliphatic rings. The summed E-state index contributed by atoms with van der Waals surface area (Å²) in [6, 6.07) is 5.89. The van der Waals surface area contributed by atoms with Crippen molar-refractivity contribution >= 4 is 16.8 Å². The Morgan fingerprint density at radius 3 is 2.58 bits per heavy atom. The number of carbonyl (C=O) groups is 1. The van der Waals surface area contributed by atoms with Crippen LogP contribution in [0.5, 0.6) is 0 Å². The number of carbonyl (C=O) groups excluding carboxylic acids is 1. The van der Waals surface area contributed by atoms with Crippen molar-refractivity contribution in [3.8, 4) is 11.1 Å². The summed E-state index contributed by atoms with van der Waals surface area (Å²) in [5.41, 5.74) is 0.484. The molecule has 3 aromatic rings. The fraction of sp³-hybridized carbons (Fsp3) is 0.478. The lowest BCUT2D eigenvalue weighted by Gasteiger charge is -2.31. The molecule has 1 amide bonds. The van der Waals surface area contributed by atoms with Crippen molar-refractivity contribution in [2.45, 2.75) is 37.9 Å². The number of nitrogens with zero attached hydrogens (tertiary/aromatic N) is 4. The maximum absolute atomic E-state index is 14.1. The van der Waals surface area contributed by atoms with Crippen LogP contribution in [0.15, 0.2) is 36.7 Å². The Kier molecular flexibility index (Phi) is 5.35. The van der Waals surface area contributed by atoms with Crippen molar-refractivity contribution in [1.82, 2.24) is 30.6 Å². The van der Waals surface area contributed by atoms with E-state index >= 15 is 0 Å². The van der Waals surface area contributed by atoms with Crippen LogP contribution in [0, 0.1) is 11.3 Å². The molecule has 2 aromatic heterocycles. The number of nitrogens with one attached hydrogen (secondary N) is 2. The van der Waals surface area contributed by atoms with E-state index in [0.29, 0.717) is 36.8 Å². The lowest BCUT2D eigenvalue weighted by Crippen LogP contribution is -2.45. The van der Waals surface area contributed by atoms with Crippen molar-refractivity contribution in [2.75, 3.05) is 13.1 Å². The zero-order chi connectivity index (χ0) is 23.2. The van der Waals surface area contributed by atoms with Gasteiger partial charge in [-0.3, -0.25) is 9.48 Å². The van der Waals surface area contributed by atoms with Gasteiger partial charge in [0.15, 0.2) is 0 Å². The Labute approximate surface area is 188 Å². The third-order valence-electron chi connectivity index (χ3n) is 6.84. The minimum absolute atomic E-state index is 0.0386. The number of hydrogen-bond donors (Lipinski definition) is 2. The van der Waals surface area contributed by atoms with E-state index in [-0.39, 0.29) is 30.4 Å². The molecule has 1 atom stereocenters. The van der Waals surface area contributed by atoms with E-state index < -0.39 is 17.6 Å². The van der Waals surface area contributed by atoms with E-state index in [1.807, 2.05) is 25.4 Å². The Bertz CT molecular complexity index is 1180. The summed E-state index contributed by atoms with van der Waals surface area (Å²) in [5, 5.41) is 19.1. The third kappa shape index (κ3) is 4.07. The zero-order valence-corrected chi connectivity index (χ0v) is 18.2. The van der Waals surface area contributed by atoms with Crippen LogP contribution in [0.3, 0.4) is 0 Å². The monoisotopic (exact) mass is 458 g/mol. The van der Waals surface area contributed by atoms with Crippen LogP contribution < -0.4 is 10.6 Å². The van der Waals surface area contributed by atoms with E-state index in [0.717, 1.165) is 11.1 Å². The van der Waals surface area contributed by atoms with Gasteiger partial charge < -0.3 is 10.6 Å². The second-order valence-corrected chi connectivity index (χ2v) is 9.07. The molecule has 10 heteroatoms. The van der Waals surface area contributed by atoms with Crippen LogP contribution in [0.4, 0.5) is 13.2 Å². The molecule has 1 saturated heterocycles. The molecule has 1 unspecified atom stereocenters. The average molecular weight is 458 g/mol. The predicted octanol–water partition coefficient (Wildman–Crippen LogP) is 3.53. The summed E-state index contributed by atoms with van der Waals surface area (Å²) < 4.78 is 44.0. The molecule has 0 radical (unpaired) electrons. The van der Waals surface area contributed by atoms with Gasteiger partial charge in [-0.2, -0.15) is 28.5 Å². The zero-order valence-electron chi connectivity index (χ0n) is 18.2. The van der Waals surface area contributed by atoms with Crippen molar-refractivity contribution in [3.63, 3.8) is 0 Å². The van der Waals surface area contributed by atoms with Crippen LogP contribution in [0.25, 0.3) is 22.0 Å². The first-order valence-electron chi connectivity index (χ1n) is 11.1. The van der Waals surface area contributed by atoms with E-state index in [1.54, 1.807) is 23.0 Å². The van der Waals surface area contributed by atoms with Gasteiger partial charge in [0.2, 0.25) is 5.91 Å². The molecular weight excluding hydrogens is 433 g/mol. The Balaban J connectivity index is 1.52. The van der Waals surface area contributed by atoms with Gasteiger partial charge in [0.05, 0.1) is 28.9 Å². The first-order valence-corrected chi connectivity index (χ1v) is 11.1. The van der Waals surface area contributed by atoms with Crippen LogP contribution in [-0.2, 0) is 11.8 Å². The number of piperidine rings is 1. The number of amides is 1. The number of fused-ring (bicyclic) bond motifs is 1. The highest BCUT2D eigenvalue weighted by Crippen LogP contribution is 2.64. The molecule has 0 bridgehead atoms. The van der Waals surface area contributed by atoms with Gasteiger partial charge in [0.1, 0.15) is 0 Å².